The normalized spacial score (nSPS) is 18.8. The number of amides is 1. The van der Waals surface area contributed by atoms with Gasteiger partial charge in [-0.05, 0) is 24.6 Å². The zero-order valence-corrected chi connectivity index (χ0v) is 17.0. The van der Waals surface area contributed by atoms with Crippen LogP contribution >= 0.6 is 0 Å². The molecular weight excluding hydrogens is 367 g/mol. The Morgan fingerprint density at radius 1 is 1.07 bits per heavy atom. The number of quaternary nitrogens is 2. The van der Waals surface area contributed by atoms with Gasteiger partial charge in [0.25, 0.3) is 5.91 Å². The van der Waals surface area contributed by atoms with Crippen LogP contribution in [0.5, 0.6) is 0 Å². The van der Waals surface area contributed by atoms with Crippen LogP contribution in [0.1, 0.15) is 17.5 Å². The predicted molar refractivity (Wildman–Crippen MR) is 110 cm³/mol. The van der Waals surface area contributed by atoms with E-state index in [0.717, 1.165) is 32.7 Å². The fraction of sp³-hybridized carbons (Fsp3) is 0.391. The number of carbonyl (C=O) groups excluding carboxylic acids is 1. The van der Waals surface area contributed by atoms with Gasteiger partial charge in [0.1, 0.15) is 38.5 Å². The number of hydrogen-bond donors (Lipinski definition) is 2. The van der Waals surface area contributed by atoms with E-state index in [1.54, 1.807) is 18.2 Å². The van der Waals surface area contributed by atoms with Crippen molar-refractivity contribution >= 4 is 11.6 Å². The van der Waals surface area contributed by atoms with Crippen molar-refractivity contribution in [3.8, 4) is 6.07 Å². The number of piperazine rings is 1. The van der Waals surface area contributed by atoms with E-state index in [1.807, 2.05) is 0 Å². The summed E-state index contributed by atoms with van der Waals surface area (Å²) in [5, 5.41) is 8.91. The minimum Gasteiger partial charge on any atom is -0.322 e. The lowest BCUT2D eigenvalue weighted by Crippen LogP contribution is -3.28. The van der Waals surface area contributed by atoms with Gasteiger partial charge in [-0.25, -0.2) is 4.39 Å². The number of aryl methyl sites for hydroxylation is 1. The van der Waals surface area contributed by atoms with E-state index in [1.165, 1.54) is 31.9 Å². The van der Waals surface area contributed by atoms with Crippen LogP contribution in [0, 0.1) is 24.1 Å². The molecule has 0 radical (unpaired) electrons. The van der Waals surface area contributed by atoms with Gasteiger partial charge >= 0.3 is 0 Å². The Balaban J connectivity index is 1.57. The number of hydrogen-bond acceptors (Lipinski definition) is 2. The van der Waals surface area contributed by atoms with Crippen LogP contribution in [0.4, 0.5) is 10.1 Å². The molecular formula is C23H29FN4O+2. The van der Waals surface area contributed by atoms with Gasteiger partial charge < -0.3 is 14.7 Å². The van der Waals surface area contributed by atoms with E-state index >= 15 is 0 Å². The zero-order valence-electron chi connectivity index (χ0n) is 17.0. The molecule has 1 aliphatic rings. The average molecular weight is 397 g/mol. The van der Waals surface area contributed by atoms with Crippen LogP contribution in [-0.4, -0.2) is 45.2 Å². The Morgan fingerprint density at radius 2 is 1.72 bits per heavy atom. The Morgan fingerprint density at radius 3 is 2.41 bits per heavy atom. The summed E-state index contributed by atoms with van der Waals surface area (Å²) in [5.74, 6) is -0.552. The van der Waals surface area contributed by atoms with Gasteiger partial charge in [-0.1, -0.05) is 36.4 Å². The molecule has 1 heterocycles. The molecule has 2 N–H and O–H groups in total. The Kier molecular flexibility index (Phi) is 7.34. The highest BCUT2D eigenvalue weighted by Crippen LogP contribution is 2.18. The summed E-state index contributed by atoms with van der Waals surface area (Å²) < 4.78 is 14.2. The molecule has 0 spiro atoms. The highest BCUT2D eigenvalue weighted by atomic mass is 19.1. The molecule has 0 saturated carbocycles. The standard InChI is InChI=1S/C23H27FN4O/c1-19-7-2-3-8-20(19)17-26-13-15-27(16-14-26)18-23(29)28(12-6-11-25)22-10-5-4-9-21(22)24/h2-5,7-10H,6,12-18H2,1H3/p+2. The first-order valence-corrected chi connectivity index (χ1v) is 10.2. The second-order valence-corrected chi connectivity index (χ2v) is 7.68. The first-order valence-electron chi connectivity index (χ1n) is 10.2. The molecule has 0 aliphatic carbocycles. The molecule has 0 unspecified atom stereocenters. The van der Waals surface area contributed by atoms with E-state index in [4.69, 9.17) is 5.26 Å². The molecule has 2 aromatic rings. The maximum atomic E-state index is 14.2. The third-order valence-electron chi connectivity index (χ3n) is 5.66. The van der Waals surface area contributed by atoms with Crippen molar-refractivity contribution in [2.45, 2.75) is 19.9 Å². The summed E-state index contributed by atoms with van der Waals surface area (Å²) in [6, 6.07) is 16.8. The van der Waals surface area contributed by atoms with Crippen molar-refractivity contribution in [2.75, 3.05) is 44.2 Å². The molecule has 1 saturated heterocycles. The summed E-state index contributed by atoms with van der Waals surface area (Å²) in [7, 11) is 0. The number of anilines is 1. The SMILES string of the molecule is Cc1ccccc1C[NH+]1CC[NH+](CC(=O)N(CCC#N)c2ccccc2F)CC1. The van der Waals surface area contributed by atoms with E-state index in [2.05, 4.69) is 37.3 Å². The predicted octanol–water partition coefficient (Wildman–Crippen LogP) is 0.364. The van der Waals surface area contributed by atoms with Crippen molar-refractivity contribution in [1.82, 2.24) is 0 Å². The lowest BCUT2D eigenvalue weighted by atomic mass is 10.1. The number of halogens is 1. The third kappa shape index (κ3) is 5.63. The Labute approximate surface area is 171 Å². The van der Waals surface area contributed by atoms with Gasteiger partial charge in [-0.15, -0.1) is 0 Å². The van der Waals surface area contributed by atoms with E-state index in [-0.39, 0.29) is 24.6 Å². The zero-order chi connectivity index (χ0) is 20.6. The van der Waals surface area contributed by atoms with Crippen molar-refractivity contribution in [3.63, 3.8) is 0 Å². The summed E-state index contributed by atoms with van der Waals surface area (Å²) in [4.78, 5) is 17.1. The van der Waals surface area contributed by atoms with E-state index in [0.29, 0.717) is 6.54 Å². The molecule has 2 aromatic carbocycles. The van der Waals surface area contributed by atoms with Gasteiger partial charge in [0.05, 0.1) is 18.2 Å². The molecule has 6 heteroatoms. The van der Waals surface area contributed by atoms with E-state index in [9.17, 15) is 9.18 Å². The van der Waals surface area contributed by atoms with Crippen LogP contribution in [0.15, 0.2) is 48.5 Å². The van der Waals surface area contributed by atoms with Crippen LogP contribution < -0.4 is 14.7 Å². The highest BCUT2D eigenvalue weighted by Gasteiger charge is 2.28. The Bertz CT molecular complexity index is 871. The van der Waals surface area contributed by atoms with Crippen LogP contribution in [0.25, 0.3) is 0 Å². The molecule has 29 heavy (non-hydrogen) atoms. The van der Waals surface area contributed by atoms with Crippen molar-refractivity contribution in [1.29, 1.82) is 5.26 Å². The fourth-order valence-electron chi connectivity index (χ4n) is 3.91. The quantitative estimate of drug-likeness (QED) is 0.710. The number of benzene rings is 2. The van der Waals surface area contributed by atoms with Crippen LogP contribution in [0.3, 0.4) is 0 Å². The second-order valence-electron chi connectivity index (χ2n) is 7.68. The molecule has 0 atom stereocenters. The summed E-state index contributed by atoms with van der Waals surface area (Å²) in [5.41, 5.74) is 2.96. The van der Waals surface area contributed by atoms with Crippen LogP contribution in [0.2, 0.25) is 0 Å². The summed E-state index contributed by atoms with van der Waals surface area (Å²) >= 11 is 0. The van der Waals surface area contributed by atoms with Gasteiger partial charge in [-0.3, -0.25) is 4.79 Å². The maximum absolute atomic E-state index is 14.2. The van der Waals surface area contributed by atoms with Gasteiger partial charge in [-0.2, -0.15) is 5.26 Å². The number of para-hydroxylation sites is 1. The average Bonchev–Trinajstić information content (AvgIpc) is 2.72. The van der Waals surface area contributed by atoms with Crippen LogP contribution in [-0.2, 0) is 11.3 Å². The van der Waals surface area contributed by atoms with Crippen molar-refractivity contribution in [3.05, 3.63) is 65.5 Å². The number of nitrogens with one attached hydrogen (secondary N) is 2. The molecule has 5 nitrogen and oxygen atoms in total. The van der Waals surface area contributed by atoms with Crippen molar-refractivity contribution in [2.24, 2.45) is 0 Å². The summed E-state index contributed by atoms with van der Waals surface area (Å²) in [6.07, 6.45) is 0.184. The maximum Gasteiger partial charge on any atom is 0.282 e. The lowest BCUT2D eigenvalue weighted by molar-refractivity contribution is -1.02. The third-order valence-corrected chi connectivity index (χ3v) is 5.66. The van der Waals surface area contributed by atoms with Gasteiger partial charge in [0.15, 0.2) is 6.54 Å². The fourth-order valence-corrected chi connectivity index (χ4v) is 3.91. The topological polar surface area (TPSA) is 53.0 Å². The number of carbonyl (C=O) groups is 1. The molecule has 1 aliphatic heterocycles. The first kappa shape index (κ1) is 21.0. The molecule has 1 fully saturated rings. The molecule has 152 valence electrons. The number of nitriles is 1. The molecule has 0 bridgehead atoms. The van der Waals surface area contributed by atoms with Gasteiger partial charge in [0.2, 0.25) is 0 Å². The Hall–Kier alpha value is -2.75. The largest absolute Gasteiger partial charge is 0.322 e. The highest BCUT2D eigenvalue weighted by molar-refractivity contribution is 5.94. The second kappa shape index (κ2) is 10.1. The molecule has 3 rings (SSSR count). The van der Waals surface area contributed by atoms with Gasteiger partial charge in [0, 0.05) is 12.1 Å². The number of nitrogens with zero attached hydrogens (tertiary/aromatic N) is 2. The van der Waals surface area contributed by atoms with E-state index < -0.39 is 5.82 Å². The lowest BCUT2D eigenvalue weighted by Gasteiger charge is -2.31. The first-order chi connectivity index (χ1) is 14.1. The monoisotopic (exact) mass is 396 g/mol. The smallest absolute Gasteiger partial charge is 0.282 e. The minimum atomic E-state index is -0.429. The molecule has 1 amide bonds. The number of rotatable bonds is 7. The minimum absolute atomic E-state index is 0.122. The molecule has 0 aromatic heterocycles. The van der Waals surface area contributed by atoms with Crippen molar-refractivity contribution < 1.29 is 19.0 Å². The summed E-state index contributed by atoms with van der Waals surface area (Å²) in [6.45, 7) is 7.55.